The zero-order valence-electron chi connectivity index (χ0n) is 13.4. The summed E-state index contributed by atoms with van der Waals surface area (Å²) in [4.78, 5) is 16.2. The van der Waals surface area contributed by atoms with Crippen molar-refractivity contribution in [1.29, 1.82) is 5.26 Å². The molecule has 1 aliphatic heterocycles. The first-order valence-electron chi connectivity index (χ1n) is 7.83. The summed E-state index contributed by atoms with van der Waals surface area (Å²) in [5, 5.41) is 11.6. The van der Waals surface area contributed by atoms with Crippen molar-refractivity contribution >= 4 is 29.0 Å². The molecule has 0 atom stereocenters. The predicted octanol–water partition coefficient (Wildman–Crippen LogP) is 3.70. The van der Waals surface area contributed by atoms with Crippen molar-refractivity contribution < 1.29 is 9.18 Å². The molecule has 1 N–H and O–H groups in total. The van der Waals surface area contributed by atoms with Crippen LogP contribution in [0.15, 0.2) is 42.5 Å². The number of anilines is 2. The Balaban J connectivity index is 1.56. The highest BCUT2D eigenvalue weighted by Crippen LogP contribution is 2.21. The predicted molar refractivity (Wildman–Crippen MR) is 95.4 cm³/mol. The van der Waals surface area contributed by atoms with Gasteiger partial charge >= 0.3 is 6.03 Å². The summed E-state index contributed by atoms with van der Waals surface area (Å²) >= 11 is 5.72. The molecule has 2 amide bonds. The molecule has 0 aliphatic carbocycles. The van der Waals surface area contributed by atoms with E-state index in [4.69, 9.17) is 16.9 Å². The van der Waals surface area contributed by atoms with E-state index in [-0.39, 0.29) is 11.1 Å². The summed E-state index contributed by atoms with van der Waals surface area (Å²) in [5.41, 5.74) is 2.12. The number of amides is 2. The molecule has 128 valence electrons. The van der Waals surface area contributed by atoms with Gasteiger partial charge in [0.05, 0.1) is 16.7 Å². The molecule has 0 saturated carbocycles. The van der Waals surface area contributed by atoms with Gasteiger partial charge in [-0.25, -0.2) is 9.18 Å². The maximum absolute atomic E-state index is 13.2. The number of nitrogens with zero attached hydrogens (tertiary/aromatic N) is 3. The van der Waals surface area contributed by atoms with E-state index in [1.54, 1.807) is 17.0 Å². The molecule has 1 fully saturated rings. The molecular formula is C18H16ClFN4O. The zero-order valence-corrected chi connectivity index (χ0v) is 14.1. The van der Waals surface area contributed by atoms with Crippen LogP contribution in [0.5, 0.6) is 0 Å². The standard InChI is InChI=1S/C18H16ClFN4O/c19-16-11-14(3-6-17(16)20)22-18(25)24-9-7-23(8-10-24)15-4-1-13(12-21)2-5-15/h1-6,11H,7-10H2,(H,22,25). The molecule has 0 unspecified atom stereocenters. The molecule has 1 heterocycles. The van der Waals surface area contributed by atoms with E-state index in [1.807, 2.05) is 12.1 Å². The van der Waals surface area contributed by atoms with Gasteiger partial charge in [-0.15, -0.1) is 0 Å². The number of halogens is 2. The molecule has 25 heavy (non-hydrogen) atoms. The van der Waals surface area contributed by atoms with Gasteiger partial charge in [-0.1, -0.05) is 11.6 Å². The van der Waals surface area contributed by atoms with E-state index in [1.165, 1.54) is 18.2 Å². The number of hydrogen-bond donors (Lipinski definition) is 1. The lowest BCUT2D eigenvalue weighted by Gasteiger charge is -2.36. The number of carbonyl (C=O) groups excluding carboxylic acids is 1. The maximum Gasteiger partial charge on any atom is 0.321 e. The third-order valence-electron chi connectivity index (χ3n) is 4.10. The first kappa shape index (κ1) is 17.1. The number of urea groups is 1. The molecule has 1 saturated heterocycles. The SMILES string of the molecule is N#Cc1ccc(N2CCN(C(=O)Nc3ccc(F)c(Cl)c3)CC2)cc1. The Labute approximate surface area is 150 Å². The van der Waals surface area contributed by atoms with E-state index in [9.17, 15) is 9.18 Å². The van der Waals surface area contributed by atoms with Crippen LogP contribution in [0, 0.1) is 17.1 Å². The lowest BCUT2D eigenvalue weighted by atomic mass is 10.2. The average molecular weight is 359 g/mol. The van der Waals surface area contributed by atoms with E-state index in [2.05, 4.69) is 16.3 Å². The lowest BCUT2D eigenvalue weighted by Crippen LogP contribution is -2.50. The number of nitriles is 1. The average Bonchev–Trinajstić information content (AvgIpc) is 2.65. The Morgan fingerprint density at radius 2 is 1.80 bits per heavy atom. The van der Waals surface area contributed by atoms with Crippen LogP contribution in [0.25, 0.3) is 0 Å². The smallest absolute Gasteiger partial charge is 0.321 e. The van der Waals surface area contributed by atoms with Crippen molar-refractivity contribution in [2.75, 3.05) is 36.4 Å². The number of nitrogens with one attached hydrogen (secondary N) is 1. The molecule has 3 rings (SSSR count). The van der Waals surface area contributed by atoms with Gasteiger partial charge in [0.1, 0.15) is 5.82 Å². The number of hydrogen-bond acceptors (Lipinski definition) is 3. The third-order valence-corrected chi connectivity index (χ3v) is 4.39. The van der Waals surface area contributed by atoms with Crippen LogP contribution >= 0.6 is 11.6 Å². The molecule has 2 aromatic carbocycles. The van der Waals surface area contributed by atoms with E-state index in [0.717, 1.165) is 5.69 Å². The molecule has 0 spiro atoms. The monoisotopic (exact) mass is 358 g/mol. The van der Waals surface area contributed by atoms with Crippen LogP contribution in [-0.2, 0) is 0 Å². The van der Waals surface area contributed by atoms with Crippen LogP contribution in [0.3, 0.4) is 0 Å². The van der Waals surface area contributed by atoms with E-state index >= 15 is 0 Å². The lowest BCUT2D eigenvalue weighted by molar-refractivity contribution is 0.208. The van der Waals surface area contributed by atoms with Crippen LogP contribution in [0.1, 0.15) is 5.56 Å². The largest absolute Gasteiger partial charge is 0.368 e. The van der Waals surface area contributed by atoms with Gasteiger partial charge in [0.15, 0.2) is 0 Å². The van der Waals surface area contributed by atoms with Gasteiger partial charge in [-0.2, -0.15) is 5.26 Å². The van der Waals surface area contributed by atoms with E-state index in [0.29, 0.717) is 37.4 Å². The second-order valence-corrected chi connectivity index (χ2v) is 6.10. The summed E-state index contributed by atoms with van der Waals surface area (Å²) in [6.07, 6.45) is 0. The topological polar surface area (TPSA) is 59.4 Å². The summed E-state index contributed by atoms with van der Waals surface area (Å²) in [6.45, 7) is 2.54. The second kappa shape index (κ2) is 7.41. The third kappa shape index (κ3) is 4.01. The van der Waals surface area contributed by atoms with Gasteiger partial charge < -0.3 is 15.1 Å². The number of benzene rings is 2. The molecule has 0 radical (unpaired) electrons. The highest BCUT2D eigenvalue weighted by molar-refractivity contribution is 6.31. The summed E-state index contributed by atoms with van der Waals surface area (Å²) in [5.74, 6) is -0.518. The quantitative estimate of drug-likeness (QED) is 0.890. The summed E-state index contributed by atoms with van der Waals surface area (Å²) in [7, 11) is 0. The Kier molecular flexibility index (Phi) is 5.05. The summed E-state index contributed by atoms with van der Waals surface area (Å²) < 4.78 is 13.2. The van der Waals surface area contributed by atoms with Crippen molar-refractivity contribution in [1.82, 2.24) is 4.90 Å². The first-order chi connectivity index (χ1) is 12.1. The van der Waals surface area contributed by atoms with Gasteiger partial charge in [0.25, 0.3) is 0 Å². The molecule has 7 heteroatoms. The minimum atomic E-state index is -0.518. The maximum atomic E-state index is 13.2. The van der Waals surface area contributed by atoms with Crippen LogP contribution < -0.4 is 10.2 Å². The van der Waals surface area contributed by atoms with Gasteiger partial charge in [0, 0.05) is 37.6 Å². The molecule has 5 nitrogen and oxygen atoms in total. The summed E-state index contributed by atoms with van der Waals surface area (Å²) in [6, 6.07) is 13.3. The molecule has 0 bridgehead atoms. The minimum Gasteiger partial charge on any atom is -0.368 e. The fourth-order valence-electron chi connectivity index (χ4n) is 2.69. The number of rotatable bonds is 2. The Morgan fingerprint density at radius 3 is 2.40 bits per heavy atom. The second-order valence-electron chi connectivity index (χ2n) is 5.69. The van der Waals surface area contributed by atoms with Crippen molar-refractivity contribution in [2.24, 2.45) is 0 Å². The van der Waals surface area contributed by atoms with Crippen LogP contribution in [0.4, 0.5) is 20.6 Å². The molecule has 2 aromatic rings. The highest BCUT2D eigenvalue weighted by Gasteiger charge is 2.21. The fourth-order valence-corrected chi connectivity index (χ4v) is 2.87. The normalized spacial score (nSPS) is 14.1. The zero-order chi connectivity index (χ0) is 17.8. The number of carbonyl (C=O) groups is 1. The highest BCUT2D eigenvalue weighted by atomic mass is 35.5. The van der Waals surface area contributed by atoms with Gasteiger partial charge in [0.2, 0.25) is 0 Å². The Bertz CT molecular complexity index is 811. The Hall–Kier alpha value is -2.78. The Morgan fingerprint density at radius 1 is 1.12 bits per heavy atom. The molecular weight excluding hydrogens is 343 g/mol. The van der Waals surface area contributed by atoms with Crippen LogP contribution in [-0.4, -0.2) is 37.1 Å². The van der Waals surface area contributed by atoms with Crippen molar-refractivity contribution in [2.45, 2.75) is 0 Å². The van der Waals surface area contributed by atoms with Crippen LogP contribution in [0.2, 0.25) is 5.02 Å². The number of piperazine rings is 1. The van der Waals surface area contributed by atoms with Crippen molar-refractivity contribution in [3.63, 3.8) is 0 Å². The van der Waals surface area contributed by atoms with Crippen molar-refractivity contribution in [3.8, 4) is 6.07 Å². The van der Waals surface area contributed by atoms with E-state index < -0.39 is 5.82 Å². The molecule has 1 aliphatic rings. The minimum absolute atomic E-state index is 0.0246. The first-order valence-corrected chi connectivity index (χ1v) is 8.21. The van der Waals surface area contributed by atoms with Gasteiger partial charge in [-0.05, 0) is 42.5 Å². The van der Waals surface area contributed by atoms with Crippen molar-refractivity contribution in [3.05, 3.63) is 58.9 Å². The molecule has 0 aromatic heterocycles. The fraction of sp³-hybridized carbons (Fsp3) is 0.222. The van der Waals surface area contributed by atoms with Gasteiger partial charge in [-0.3, -0.25) is 0 Å².